The molecule has 0 aliphatic heterocycles. The van der Waals surface area contributed by atoms with E-state index in [0.29, 0.717) is 17.2 Å². The number of anilines is 1. The SMILES string of the molecule is Nc1ccc(-c2cncn2-c2cccc(Cl)c2F)cn1. The molecule has 0 spiro atoms. The maximum absolute atomic E-state index is 14.1. The number of imidazole rings is 1. The average molecular weight is 289 g/mol. The molecule has 2 heterocycles. The van der Waals surface area contributed by atoms with Crippen molar-refractivity contribution in [1.82, 2.24) is 14.5 Å². The zero-order chi connectivity index (χ0) is 14.1. The van der Waals surface area contributed by atoms with Gasteiger partial charge in [-0.15, -0.1) is 0 Å². The largest absolute Gasteiger partial charge is 0.384 e. The van der Waals surface area contributed by atoms with Gasteiger partial charge in [0.2, 0.25) is 0 Å². The number of nitrogen functional groups attached to an aromatic ring is 1. The van der Waals surface area contributed by atoms with Crippen LogP contribution in [0, 0.1) is 5.82 Å². The van der Waals surface area contributed by atoms with Crippen LogP contribution in [0.4, 0.5) is 10.2 Å². The van der Waals surface area contributed by atoms with Crippen molar-refractivity contribution in [2.24, 2.45) is 0 Å². The van der Waals surface area contributed by atoms with E-state index in [9.17, 15) is 4.39 Å². The smallest absolute Gasteiger partial charge is 0.165 e. The molecule has 0 unspecified atom stereocenters. The van der Waals surface area contributed by atoms with Crippen LogP contribution in [0.15, 0.2) is 49.1 Å². The van der Waals surface area contributed by atoms with Crippen molar-refractivity contribution in [2.45, 2.75) is 0 Å². The summed E-state index contributed by atoms with van der Waals surface area (Å²) < 4.78 is 15.7. The van der Waals surface area contributed by atoms with Crippen LogP contribution in [0.3, 0.4) is 0 Å². The molecule has 0 aliphatic rings. The van der Waals surface area contributed by atoms with Crippen molar-refractivity contribution in [3.8, 4) is 16.9 Å². The van der Waals surface area contributed by atoms with Crippen molar-refractivity contribution in [3.63, 3.8) is 0 Å². The molecule has 2 aromatic heterocycles. The molecule has 0 fully saturated rings. The Hall–Kier alpha value is -2.40. The summed E-state index contributed by atoms with van der Waals surface area (Å²) in [7, 11) is 0. The van der Waals surface area contributed by atoms with E-state index in [1.807, 2.05) is 0 Å². The van der Waals surface area contributed by atoms with Crippen LogP contribution in [-0.2, 0) is 0 Å². The number of benzene rings is 1. The summed E-state index contributed by atoms with van der Waals surface area (Å²) in [4.78, 5) is 8.09. The molecule has 0 saturated heterocycles. The molecule has 4 nitrogen and oxygen atoms in total. The Bertz CT molecular complexity index is 752. The van der Waals surface area contributed by atoms with Crippen LogP contribution in [0.5, 0.6) is 0 Å². The topological polar surface area (TPSA) is 56.7 Å². The fraction of sp³-hybridized carbons (Fsp3) is 0. The third kappa shape index (κ3) is 2.12. The molecule has 1 aromatic carbocycles. The summed E-state index contributed by atoms with van der Waals surface area (Å²) in [6.07, 6.45) is 4.78. The van der Waals surface area contributed by atoms with Gasteiger partial charge in [0.25, 0.3) is 0 Å². The van der Waals surface area contributed by atoms with E-state index in [4.69, 9.17) is 17.3 Å². The molecule has 0 bridgehead atoms. The van der Waals surface area contributed by atoms with Crippen LogP contribution in [0.25, 0.3) is 16.9 Å². The van der Waals surface area contributed by atoms with Gasteiger partial charge in [-0.2, -0.15) is 0 Å². The van der Waals surface area contributed by atoms with Gasteiger partial charge in [0.15, 0.2) is 5.82 Å². The lowest BCUT2D eigenvalue weighted by molar-refractivity contribution is 0.619. The Labute approximate surface area is 119 Å². The molecular weight excluding hydrogens is 279 g/mol. The highest BCUT2D eigenvalue weighted by Gasteiger charge is 2.12. The second kappa shape index (κ2) is 4.94. The number of pyridine rings is 1. The average Bonchev–Trinajstić information content (AvgIpc) is 2.92. The lowest BCUT2D eigenvalue weighted by Gasteiger charge is -2.10. The zero-order valence-corrected chi connectivity index (χ0v) is 11.0. The summed E-state index contributed by atoms with van der Waals surface area (Å²) in [6.45, 7) is 0. The first kappa shape index (κ1) is 12.6. The van der Waals surface area contributed by atoms with E-state index < -0.39 is 5.82 Å². The molecule has 0 amide bonds. The van der Waals surface area contributed by atoms with Gasteiger partial charge in [-0.05, 0) is 24.3 Å². The first-order chi connectivity index (χ1) is 9.66. The second-order valence-electron chi connectivity index (χ2n) is 4.19. The molecule has 100 valence electrons. The quantitative estimate of drug-likeness (QED) is 0.787. The van der Waals surface area contributed by atoms with Crippen LogP contribution in [0.1, 0.15) is 0 Å². The van der Waals surface area contributed by atoms with Gasteiger partial charge in [-0.3, -0.25) is 4.57 Å². The van der Waals surface area contributed by atoms with Crippen LogP contribution >= 0.6 is 11.6 Å². The van der Waals surface area contributed by atoms with Crippen molar-refractivity contribution in [2.75, 3.05) is 5.73 Å². The molecule has 6 heteroatoms. The van der Waals surface area contributed by atoms with Gasteiger partial charge in [0, 0.05) is 11.8 Å². The Morgan fingerprint density at radius 2 is 2.00 bits per heavy atom. The predicted octanol–water partition coefficient (Wildman–Crippen LogP) is 3.31. The van der Waals surface area contributed by atoms with Gasteiger partial charge in [-0.25, -0.2) is 14.4 Å². The van der Waals surface area contributed by atoms with Crippen molar-refractivity contribution < 1.29 is 4.39 Å². The number of hydrogen-bond acceptors (Lipinski definition) is 3. The summed E-state index contributed by atoms with van der Waals surface area (Å²) in [5.41, 5.74) is 7.39. The molecular formula is C14H10ClFN4. The highest BCUT2D eigenvalue weighted by atomic mass is 35.5. The Balaban J connectivity index is 2.15. The number of nitrogens with zero attached hydrogens (tertiary/aromatic N) is 3. The first-order valence-electron chi connectivity index (χ1n) is 5.85. The van der Waals surface area contributed by atoms with Crippen LogP contribution in [-0.4, -0.2) is 14.5 Å². The summed E-state index contributed by atoms with van der Waals surface area (Å²) in [6, 6.07) is 8.31. The lowest BCUT2D eigenvalue weighted by atomic mass is 10.2. The number of hydrogen-bond donors (Lipinski definition) is 1. The third-order valence-corrected chi connectivity index (χ3v) is 3.20. The van der Waals surface area contributed by atoms with Gasteiger partial charge >= 0.3 is 0 Å². The van der Waals surface area contributed by atoms with E-state index in [0.717, 1.165) is 5.56 Å². The molecule has 0 atom stereocenters. The minimum Gasteiger partial charge on any atom is -0.384 e. The number of halogens is 2. The molecule has 3 aromatic rings. The highest BCUT2D eigenvalue weighted by Crippen LogP contribution is 2.26. The van der Waals surface area contributed by atoms with Crippen LogP contribution < -0.4 is 5.73 Å². The molecule has 0 aliphatic carbocycles. The lowest BCUT2D eigenvalue weighted by Crippen LogP contribution is -1.99. The number of rotatable bonds is 2. The molecule has 20 heavy (non-hydrogen) atoms. The molecule has 2 N–H and O–H groups in total. The Morgan fingerprint density at radius 1 is 1.15 bits per heavy atom. The molecule has 0 radical (unpaired) electrons. The Kier molecular flexibility index (Phi) is 3.12. The number of nitrogens with two attached hydrogens (primary N) is 1. The monoisotopic (exact) mass is 288 g/mol. The second-order valence-corrected chi connectivity index (χ2v) is 4.60. The number of aromatic nitrogens is 3. The highest BCUT2D eigenvalue weighted by molar-refractivity contribution is 6.30. The summed E-state index contributed by atoms with van der Waals surface area (Å²) >= 11 is 5.81. The van der Waals surface area contributed by atoms with E-state index in [-0.39, 0.29) is 5.02 Å². The van der Waals surface area contributed by atoms with E-state index in [1.54, 1.807) is 41.2 Å². The van der Waals surface area contributed by atoms with E-state index in [1.165, 1.54) is 12.4 Å². The molecule has 3 rings (SSSR count). The normalized spacial score (nSPS) is 10.7. The minimum absolute atomic E-state index is 0.0672. The van der Waals surface area contributed by atoms with Crippen LogP contribution in [0.2, 0.25) is 5.02 Å². The van der Waals surface area contributed by atoms with Crippen molar-refractivity contribution in [1.29, 1.82) is 0 Å². The first-order valence-corrected chi connectivity index (χ1v) is 6.23. The summed E-state index contributed by atoms with van der Waals surface area (Å²) in [5.74, 6) is -0.0643. The molecule has 0 saturated carbocycles. The fourth-order valence-corrected chi connectivity index (χ4v) is 2.11. The van der Waals surface area contributed by atoms with Gasteiger partial charge in [-0.1, -0.05) is 17.7 Å². The van der Waals surface area contributed by atoms with Crippen molar-refractivity contribution in [3.05, 3.63) is 59.9 Å². The standard InChI is InChI=1S/C14H10ClFN4/c15-10-2-1-3-11(14(10)16)20-8-18-7-12(20)9-4-5-13(17)19-6-9/h1-8H,(H2,17,19). The summed E-state index contributed by atoms with van der Waals surface area (Å²) in [5, 5.41) is 0.0672. The van der Waals surface area contributed by atoms with E-state index >= 15 is 0 Å². The maximum Gasteiger partial charge on any atom is 0.165 e. The minimum atomic E-state index is -0.489. The van der Waals surface area contributed by atoms with Gasteiger partial charge < -0.3 is 5.73 Å². The van der Waals surface area contributed by atoms with Gasteiger partial charge in [0.05, 0.1) is 28.9 Å². The van der Waals surface area contributed by atoms with Gasteiger partial charge in [0.1, 0.15) is 5.82 Å². The Morgan fingerprint density at radius 3 is 2.75 bits per heavy atom. The fourth-order valence-electron chi connectivity index (χ4n) is 1.94. The van der Waals surface area contributed by atoms with Crippen molar-refractivity contribution >= 4 is 17.4 Å². The van der Waals surface area contributed by atoms with E-state index in [2.05, 4.69) is 9.97 Å². The third-order valence-electron chi connectivity index (χ3n) is 2.91. The maximum atomic E-state index is 14.1. The zero-order valence-electron chi connectivity index (χ0n) is 10.3. The predicted molar refractivity (Wildman–Crippen MR) is 76.2 cm³/mol.